The first-order valence-electron chi connectivity index (χ1n) is 5.31. The minimum Gasteiger partial charge on any atom is -0.358 e. The molecular weight excluding hydrogens is 298 g/mol. The summed E-state index contributed by atoms with van der Waals surface area (Å²) in [6, 6.07) is 0. The molecule has 0 bridgehead atoms. The van der Waals surface area contributed by atoms with Crippen LogP contribution in [0.4, 0.5) is 26.3 Å². The van der Waals surface area contributed by atoms with E-state index in [-0.39, 0.29) is 13.8 Å². The van der Waals surface area contributed by atoms with E-state index in [0.717, 1.165) is 7.11 Å². The molecule has 2 atom stereocenters. The van der Waals surface area contributed by atoms with Crippen LogP contribution in [0.25, 0.3) is 0 Å². The second-order valence-electron chi connectivity index (χ2n) is 4.20. The van der Waals surface area contributed by atoms with Crippen LogP contribution in [0, 0.1) is 0 Å². The van der Waals surface area contributed by atoms with Gasteiger partial charge in [-0.15, -0.1) is 0 Å². The Morgan fingerprint density at radius 1 is 0.700 bits per heavy atom. The second-order valence-corrected chi connectivity index (χ2v) is 4.20. The molecule has 2 unspecified atom stereocenters. The van der Waals surface area contributed by atoms with Crippen molar-refractivity contribution in [2.75, 3.05) is 20.7 Å². The Bertz CT molecular complexity index is 303. The Labute approximate surface area is 111 Å². The van der Waals surface area contributed by atoms with Crippen LogP contribution in [0.2, 0.25) is 0 Å². The normalized spacial score (nSPS) is 19.5. The summed E-state index contributed by atoms with van der Waals surface area (Å²) in [7, 11) is 1.02. The van der Waals surface area contributed by atoms with Gasteiger partial charge in [-0.3, -0.25) is 4.74 Å². The number of rotatable bonds is 9. The quantitative estimate of drug-likeness (QED) is 0.484. The lowest BCUT2D eigenvalue weighted by Crippen LogP contribution is -2.48. The van der Waals surface area contributed by atoms with Crippen LogP contribution >= 0.6 is 0 Å². The maximum Gasteiger partial charge on any atom is 0.416 e. The van der Waals surface area contributed by atoms with E-state index in [1.165, 1.54) is 0 Å². The molecule has 0 fully saturated rings. The summed E-state index contributed by atoms with van der Waals surface area (Å²) in [4.78, 5) is 0. The molecule has 0 rings (SSSR count). The highest BCUT2D eigenvalue weighted by Gasteiger charge is 2.55. The standard InChI is InChI=1S/C10H16F6O4/c1-7(11,12)8(2,13)18-6-19-9(3,14)10(15,16)20-5-17-4/h5-6H2,1-4H3. The highest BCUT2D eigenvalue weighted by atomic mass is 19.3. The van der Waals surface area contributed by atoms with Crippen LogP contribution in [0.5, 0.6) is 0 Å². The molecule has 0 radical (unpaired) electrons. The molecule has 0 heterocycles. The number of hydrogen-bond donors (Lipinski definition) is 0. The van der Waals surface area contributed by atoms with Crippen molar-refractivity contribution in [2.45, 2.75) is 44.5 Å². The minimum atomic E-state index is -4.45. The first-order chi connectivity index (χ1) is 8.77. The first kappa shape index (κ1) is 19.4. The smallest absolute Gasteiger partial charge is 0.358 e. The van der Waals surface area contributed by atoms with E-state index in [1.54, 1.807) is 0 Å². The first-order valence-corrected chi connectivity index (χ1v) is 5.31. The van der Waals surface area contributed by atoms with E-state index >= 15 is 0 Å². The number of methoxy groups -OCH3 is 1. The van der Waals surface area contributed by atoms with Gasteiger partial charge in [-0.05, 0) is 0 Å². The van der Waals surface area contributed by atoms with Crippen LogP contribution in [0.1, 0.15) is 20.8 Å². The molecule has 122 valence electrons. The Morgan fingerprint density at radius 3 is 1.55 bits per heavy atom. The molecule has 10 heteroatoms. The Hall–Kier alpha value is -0.580. The molecule has 20 heavy (non-hydrogen) atoms. The van der Waals surface area contributed by atoms with Crippen LogP contribution in [0.3, 0.4) is 0 Å². The van der Waals surface area contributed by atoms with Crippen molar-refractivity contribution in [2.24, 2.45) is 0 Å². The van der Waals surface area contributed by atoms with Crippen molar-refractivity contribution < 1.29 is 45.3 Å². The highest BCUT2D eigenvalue weighted by molar-refractivity contribution is 4.77. The van der Waals surface area contributed by atoms with Crippen molar-refractivity contribution >= 4 is 0 Å². The van der Waals surface area contributed by atoms with E-state index in [2.05, 4.69) is 18.9 Å². The van der Waals surface area contributed by atoms with Gasteiger partial charge in [0.25, 0.3) is 11.7 Å². The summed E-state index contributed by atoms with van der Waals surface area (Å²) in [6.07, 6.45) is -4.45. The van der Waals surface area contributed by atoms with Crippen LogP contribution in [0.15, 0.2) is 0 Å². The summed E-state index contributed by atoms with van der Waals surface area (Å²) < 4.78 is 94.2. The third-order valence-electron chi connectivity index (χ3n) is 2.32. The van der Waals surface area contributed by atoms with Crippen LogP contribution in [-0.4, -0.2) is 44.4 Å². The van der Waals surface area contributed by atoms with Crippen molar-refractivity contribution in [1.29, 1.82) is 0 Å². The molecule has 0 aromatic heterocycles. The lowest BCUT2D eigenvalue weighted by molar-refractivity contribution is -0.411. The predicted molar refractivity (Wildman–Crippen MR) is 54.6 cm³/mol. The summed E-state index contributed by atoms with van der Waals surface area (Å²) in [5.41, 5.74) is 0. The Kier molecular flexibility index (Phi) is 6.27. The lowest BCUT2D eigenvalue weighted by Gasteiger charge is -2.31. The SMILES string of the molecule is COCOC(F)(F)C(C)(F)OCOC(C)(F)C(C)(F)F. The maximum atomic E-state index is 13.5. The second kappa shape index (κ2) is 6.46. The van der Waals surface area contributed by atoms with Gasteiger partial charge in [-0.1, -0.05) is 0 Å². The summed E-state index contributed by atoms with van der Waals surface area (Å²) >= 11 is 0. The summed E-state index contributed by atoms with van der Waals surface area (Å²) in [5.74, 6) is -11.2. The average Bonchev–Trinajstić information content (AvgIpc) is 2.24. The average molecular weight is 314 g/mol. The third kappa shape index (κ3) is 5.08. The summed E-state index contributed by atoms with van der Waals surface area (Å²) in [6.45, 7) is -1.59. The number of ether oxygens (including phenoxy) is 4. The fourth-order valence-corrected chi connectivity index (χ4v) is 0.723. The molecule has 0 N–H and O–H groups in total. The van der Waals surface area contributed by atoms with Gasteiger partial charge in [0.2, 0.25) is 0 Å². The molecule has 0 aliphatic rings. The van der Waals surface area contributed by atoms with Crippen LogP contribution < -0.4 is 0 Å². The zero-order chi connectivity index (χ0) is 16.2. The lowest BCUT2D eigenvalue weighted by atomic mass is 10.2. The van der Waals surface area contributed by atoms with E-state index in [1.807, 2.05) is 0 Å². The Balaban J connectivity index is 4.50. The van der Waals surface area contributed by atoms with E-state index in [0.29, 0.717) is 6.92 Å². The van der Waals surface area contributed by atoms with Gasteiger partial charge in [0.1, 0.15) is 0 Å². The minimum absolute atomic E-state index is 0.206. The molecule has 0 amide bonds. The van der Waals surface area contributed by atoms with Crippen molar-refractivity contribution in [3.05, 3.63) is 0 Å². The molecule has 4 nitrogen and oxygen atoms in total. The molecular formula is C10H16F6O4. The number of hydrogen-bond acceptors (Lipinski definition) is 4. The molecule has 0 spiro atoms. The fourth-order valence-electron chi connectivity index (χ4n) is 0.723. The summed E-state index contributed by atoms with van der Waals surface area (Å²) in [5, 5.41) is 0. The van der Waals surface area contributed by atoms with Gasteiger partial charge >= 0.3 is 12.0 Å². The van der Waals surface area contributed by atoms with E-state index in [9.17, 15) is 26.3 Å². The van der Waals surface area contributed by atoms with Crippen LogP contribution in [-0.2, 0) is 18.9 Å². The maximum absolute atomic E-state index is 13.5. The van der Waals surface area contributed by atoms with Crippen molar-refractivity contribution in [3.8, 4) is 0 Å². The van der Waals surface area contributed by atoms with Gasteiger partial charge in [0, 0.05) is 27.9 Å². The van der Waals surface area contributed by atoms with Gasteiger partial charge in [0.15, 0.2) is 13.6 Å². The predicted octanol–water partition coefficient (Wildman–Crippen LogP) is 3.22. The van der Waals surface area contributed by atoms with Gasteiger partial charge < -0.3 is 14.2 Å². The fraction of sp³-hybridized carbons (Fsp3) is 1.00. The van der Waals surface area contributed by atoms with E-state index < -0.39 is 37.3 Å². The molecule has 0 saturated heterocycles. The molecule has 0 saturated carbocycles. The number of alkyl halides is 6. The molecule has 0 aromatic carbocycles. The highest BCUT2D eigenvalue weighted by Crippen LogP contribution is 2.36. The zero-order valence-electron chi connectivity index (χ0n) is 11.3. The van der Waals surface area contributed by atoms with Gasteiger partial charge in [-0.25, -0.2) is 17.6 Å². The Morgan fingerprint density at radius 2 is 1.15 bits per heavy atom. The van der Waals surface area contributed by atoms with E-state index in [4.69, 9.17) is 0 Å². The molecule has 0 aromatic rings. The van der Waals surface area contributed by atoms with Gasteiger partial charge in [0.05, 0.1) is 0 Å². The van der Waals surface area contributed by atoms with Crippen molar-refractivity contribution in [3.63, 3.8) is 0 Å². The number of halogens is 6. The third-order valence-corrected chi connectivity index (χ3v) is 2.32. The zero-order valence-corrected chi connectivity index (χ0v) is 11.3. The monoisotopic (exact) mass is 314 g/mol. The molecule has 0 aliphatic carbocycles. The topological polar surface area (TPSA) is 36.9 Å². The largest absolute Gasteiger partial charge is 0.416 e. The van der Waals surface area contributed by atoms with Gasteiger partial charge in [-0.2, -0.15) is 8.78 Å². The van der Waals surface area contributed by atoms with Crippen molar-refractivity contribution in [1.82, 2.24) is 0 Å². The molecule has 0 aliphatic heterocycles.